The second-order valence-corrected chi connectivity index (χ2v) is 4.08. The van der Waals surface area contributed by atoms with E-state index >= 15 is 0 Å². The van der Waals surface area contributed by atoms with Crippen LogP contribution >= 0.6 is 23.4 Å². The van der Waals surface area contributed by atoms with Crippen molar-refractivity contribution in [2.75, 3.05) is 5.94 Å². The zero-order valence-electron chi connectivity index (χ0n) is 7.75. The van der Waals surface area contributed by atoms with Crippen LogP contribution in [-0.4, -0.2) is 18.1 Å². The molecule has 0 atom stereocenters. The Morgan fingerprint density at radius 3 is 2.38 bits per heavy atom. The lowest BCUT2D eigenvalue weighted by Gasteiger charge is -2.06. The normalized spacial score (nSPS) is 11.2. The number of hydrogen-bond donors (Lipinski definition) is 0. The molecule has 88 valence electrons. The molecule has 0 saturated carbocycles. The molecule has 7 heteroatoms. The van der Waals surface area contributed by atoms with Gasteiger partial charge in [0.1, 0.15) is 5.94 Å². The Morgan fingerprint density at radius 1 is 1.31 bits per heavy atom. The molecular weight excluding hydrogens is 265 g/mol. The van der Waals surface area contributed by atoms with Crippen LogP contribution in [0.5, 0.6) is 0 Å². The van der Waals surface area contributed by atoms with E-state index in [1.165, 1.54) is 0 Å². The molecule has 0 saturated heterocycles. The molecular formula is C9H6ClF3O2S. The average Bonchev–Trinajstić information content (AvgIpc) is 2.19. The minimum Gasteiger partial charge on any atom is -0.448 e. The third-order valence-corrected chi connectivity index (χ3v) is 2.55. The van der Waals surface area contributed by atoms with Gasteiger partial charge < -0.3 is 4.74 Å². The fourth-order valence-electron chi connectivity index (χ4n) is 0.764. The number of ether oxygens (including phenoxy) is 1. The number of carbonyl (C=O) groups is 1. The molecule has 0 aliphatic carbocycles. The quantitative estimate of drug-likeness (QED) is 0.478. The van der Waals surface area contributed by atoms with Crippen LogP contribution in [0.4, 0.5) is 13.2 Å². The Kier molecular flexibility index (Phi) is 4.49. The van der Waals surface area contributed by atoms with Crippen molar-refractivity contribution in [2.24, 2.45) is 0 Å². The maximum atomic E-state index is 11.7. The van der Waals surface area contributed by atoms with Gasteiger partial charge in [-0.05, 0) is 24.3 Å². The number of benzene rings is 1. The van der Waals surface area contributed by atoms with E-state index in [-0.39, 0.29) is 5.94 Å². The van der Waals surface area contributed by atoms with Crippen molar-refractivity contribution in [3.8, 4) is 0 Å². The summed E-state index contributed by atoms with van der Waals surface area (Å²) in [7, 11) is 0. The molecule has 16 heavy (non-hydrogen) atoms. The number of carbonyl (C=O) groups excluding carboxylic acids is 1. The Morgan fingerprint density at radius 2 is 1.88 bits per heavy atom. The lowest BCUT2D eigenvalue weighted by molar-refractivity contribution is -0.197. The minimum atomic E-state index is -4.94. The van der Waals surface area contributed by atoms with Gasteiger partial charge in [-0.15, -0.1) is 0 Å². The van der Waals surface area contributed by atoms with Crippen LogP contribution < -0.4 is 0 Å². The first kappa shape index (κ1) is 13.2. The number of hydrogen-bond acceptors (Lipinski definition) is 3. The van der Waals surface area contributed by atoms with Gasteiger partial charge >= 0.3 is 12.1 Å². The van der Waals surface area contributed by atoms with E-state index in [1.54, 1.807) is 24.3 Å². The summed E-state index contributed by atoms with van der Waals surface area (Å²) in [6, 6.07) is 6.42. The number of alkyl halides is 3. The number of rotatable bonds is 3. The molecule has 0 aliphatic rings. The molecule has 0 unspecified atom stereocenters. The van der Waals surface area contributed by atoms with Gasteiger partial charge in [0.2, 0.25) is 0 Å². The van der Waals surface area contributed by atoms with Crippen LogP contribution in [0.25, 0.3) is 0 Å². The summed E-state index contributed by atoms with van der Waals surface area (Å²) in [4.78, 5) is 11.0. The summed E-state index contributed by atoms with van der Waals surface area (Å²) in [6.07, 6.45) is -4.94. The molecule has 0 radical (unpaired) electrons. The molecule has 0 spiro atoms. The zero-order chi connectivity index (χ0) is 12.2. The maximum Gasteiger partial charge on any atom is 0.490 e. The van der Waals surface area contributed by atoms with Gasteiger partial charge in [0, 0.05) is 9.92 Å². The van der Waals surface area contributed by atoms with Crippen LogP contribution in [0.2, 0.25) is 5.02 Å². The Bertz CT molecular complexity index is 364. The van der Waals surface area contributed by atoms with E-state index in [2.05, 4.69) is 4.74 Å². The highest BCUT2D eigenvalue weighted by Crippen LogP contribution is 2.22. The van der Waals surface area contributed by atoms with E-state index in [0.29, 0.717) is 9.92 Å². The second-order valence-electron chi connectivity index (χ2n) is 2.65. The lowest BCUT2D eigenvalue weighted by atomic mass is 10.4. The first-order valence-corrected chi connectivity index (χ1v) is 5.38. The van der Waals surface area contributed by atoms with Crippen LogP contribution in [0.3, 0.4) is 0 Å². The molecule has 0 fully saturated rings. The summed E-state index contributed by atoms with van der Waals surface area (Å²) in [5, 5.41) is 0.525. The van der Waals surface area contributed by atoms with Gasteiger partial charge in [-0.3, -0.25) is 0 Å². The van der Waals surface area contributed by atoms with E-state index in [0.717, 1.165) is 11.8 Å². The molecule has 1 aromatic rings. The Labute approximate surface area is 98.7 Å². The first-order chi connectivity index (χ1) is 7.39. The number of halogens is 4. The summed E-state index contributed by atoms with van der Waals surface area (Å²) < 4.78 is 39.2. The predicted molar refractivity (Wildman–Crippen MR) is 54.3 cm³/mol. The summed E-state index contributed by atoms with van der Waals surface area (Å²) in [5.41, 5.74) is 0. The molecule has 0 heterocycles. The molecule has 1 aromatic carbocycles. The Balaban J connectivity index is 2.36. The zero-order valence-corrected chi connectivity index (χ0v) is 9.33. The molecule has 0 aromatic heterocycles. The smallest absolute Gasteiger partial charge is 0.448 e. The number of esters is 1. The monoisotopic (exact) mass is 270 g/mol. The third-order valence-electron chi connectivity index (χ3n) is 1.46. The van der Waals surface area contributed by atoms with E-state index in [4.69, 9.17) is 11.6 Å². The lowest BCUT2D eigenvalue weighted by Crippen LogP contribution is -2.25. The van der Waals surface area contributed by atoms with Crippen LogP contribution in [0, 0.1) is 0 Å². The SMILES string of the molecule is O=C(OCSc1ccc(Cl)cc1)C(F)(F)F. The highest BCUT2D eigenvalue weighted by molar-refractivity contribution is 7.99. The van der Waals surface area contributed by atoms with Crippen LogP contribution in [-0.2, 0) is 9.53 Å². The topological polar surface area (TPSA) is 26.3 Å². The largest absolute Gasteiger partial charge is 0.490 e. The van der Waals surface area contributed by atoms with E-state index in [1.807, 2.05) is 0 Å². The van der Waals surface area contributed by atoms with Crippen molar-refractivity contribution in [2.45, 2.75) is 11.1 Å². The number of thioether (sulfide) groups is 1. The van der Waals surface area contributed by atoms with Crippen molar-refractivity contribution < 1.29 is 22.7 Å². The van der Waals surface area contributed by atoms with Gasteiger partial charge in [0.05, 0.1) is 0 Å². The van der Waals surface area contributed by atoms with Crippen LogP contribution in [0.1, 0.15) is 0 Å². The third kappa shape index (κ3) is 4.32. The van der Waals surface area contributed by atoms with E-state index < -0.39 is 12.1 Å². The van der Waals surface area contributed by atoms with Crippen molar-refractivity contribution in [1.29, 1.82) is 0 Å². The van der Waals surface area contributed by atoms with Gasteiger partial charge in [0.15, 0.2) is 0 Å². The van der Waals surface area contributed by atoms with Crippen molar-refractivity contribution in [3.05, 3.63) is 29.3 Å². The van der Waals surface area contributed by atoms with Crippen molar-refractivity contribution in [3.63, 3.8) is 0 Å². The minimum absolute atomic E-state index is 0.389. The molecule has 2 nitrogen and oxygen atoms in total. The molecule has 0 bridgehead atoms. The van der Waals surface area contributed by atoms with Crippen molar-refractivity contribution >= 4 is 29.3 Å². The Hall–Kier alpha value is -0.880. The molecule has 0 amide bonds. The first-order valence-electron chi connectivity index (χ1n) is 4.02. The summed E-state index contributed by atoms with van der Waals surface area (Å²) >= 11 is 6.58. The standard InChI is InChI=1S/C9H6ClF3O2S/c10-6-1-3-7(4-2-6)16-5-15-8(14)9(11,12)13/h1-4H,5H2. The fourth-order valence-corrected chi connectivity index (χ4v) is 1.52. The summed E-state index contributed by atoms with van der Waals surface area (Å²) in [5.74, 6) is -2.58. The predicted octanol–water partition coefficient (Wildman–Crippen LogP) is 3.50. The van der Waals surface area contributed by atoms with Gasteiger partial charge in [-0.1, -0.05) is 23.4 Å². The highest BCUT2D eigenvalue weighted by Gasteiger charge is 2.40. The van der Waals surface area contributed by atoms with Gasteiger partial charge in [0.25, 0.3) is 0 Å². The molecule has 0 aliphatic heterocycles. The van der Waals surface area contributed by atoms with Crippen molar-refractivity contribution in [1.82, 2.24) is 0 Å². The molecule has 1 rings (SSSR count). The fraction of sp³-hybridized carbons (Fsp3) is 0.222. The van der Waals surface area contributed by atoms with E-state index in [9.17, 15) is 18.0 Å². The summed E-state index contributed by atoms with van der Waals surface area (Å²) in [6.45, 7) is 0. The highest BCUT2D eigenvalue weighted by atomic mass is 35.5. The maximum absolute atomic E-state index is 11.7. The molecule has 0 N–H and O–H groups in total. The van der Waals surface area contributed by atoms with Gasteiger partial charge in [-0.25, -0.2) is 4.79 Å². The van der Waals surface area contributed by atoms with Crippen LogP contribution in [0.15, 0.2) is 29.2 Å². The van der Waals surface area contributed by atoms with Gasteiger partial charge in [-0.2, -0.15) is 13.2 Å². The average molecular weight is 271 g/mol. The second kappa shape index (κ2) is 5.45.